The number of benzene rings is 1. The Bertz CT molecular complexity index is 463. The molecule has 0 saturated heterocycles. The van der Waals surface area contributed by atoms with Gasteiger partial charge in [0.05, 0.1) is 5.69 Å². The molecular weight excluding hydrogens is 252 g/mol. The Balaban J connectivity index is 0.00000144. The summed E-state index contributed by atoms with van der Waals surface area (Å²) in [5, 5.41) is 3.23. The highest BCUT2D eigenvalue weighted by Gasteiger charge is 2.07. The minimum Gasteiger partial charge on any atom is -0.326 e. The van der Waals surface area contributed by atoms with Gasteiger partial charge >= 0.3 is 0 Å². The number of rotatable bonds is 3. The van der Waals surface area contributed by atoms with Crippen LogP contribution >= 0.6 is 23.7 Å². The average Bonchev–Trinajstić information content (AvgIpc) is 2.78. The Kier molecular flexibility index (Phi) is 5.12. The van der Waals surface area contributed by atoms with Gasteiger partial charge in [0.15, 0.2) is 0 Å². The summed E-state index contributed by atoms with van der Waals surface area (Å²) >= 11 is 1.70. The van der Waals surface area contributed by atoms with Crippen molar-refractivity contribution in [3.8, 4) is 10.6 Å². The maximum atomic E-state index is 5.57. The first-order valence-corrected chi connectivity index (χ1v) is 6.33. The van der Waals surface area contributed by atoms with Crippen molar-refractivity contribution in [2.24, 2.45) is 5.73 Å². The van der Waals surface area contributed by atoms with Gasteiger partial charge in [-0.15, -0.1) is 23.7 Å². The van der Waals surface area contributed by atoms with E-state index in [1.54, 1.807) is 11.3 Å². The lowest BCUT2D eigenvalue weighted by Crippen LogP contribution is -1.95. The Labute approximate surface area is 112 Å². The van der Waals surface area contributed by atoms with Gasteiger partial charge in [0.1, 0.15) is 5.01 Å². The van der Waals surface area contributed by atoms with Gasteiger partial charge in [-0.1, -0.05) is 38.1 Å². The number of nitrogens with zero attached hydrogens (tertiary/aromatic N) is 1. The van der Waals surface area contributed by atoms with Crippen LogP contribution in [-0.2, 0) is 6.54 Å². The lowest BCUT2D eigenvalue weighted by Gasteiger charge is -2.00. The molecule has 1 heterocycles. The first-order valence-electron chi connectivity index (χ1n) is 5.45. The molecule has 0 spiro atoms. The second-order valence-corrected chi connectivity index (χ2v) is 4.99. The summed E-state index contributed by atoms with van der Waals surface area (Å²) in [6.45, 7) is 4.92. The topological polar surface area (TPSA) is 38.9 Å². The molecule has 0 aliphatic heterocycles. The summed E-state index contributed by atoms with van der Waals surface area (Å²) in [5.41, 5.74) is 9.07. The van der Waals surface area contributed by atoms with E-state index >= 15 is 0 Å². The lowest BCUT2D eigenvalue weighted by molar-refractivity contribution is 0.834. The van der Waals surface area contributed by atoms with E-state index in [9.17, 15) is 0 Å². The van der Waals surface area contributed by atoms with Crippen LogP contribution in [0.1, 0.15) is 31.0 Å². The van der Waals surface area contributed by atoms with Crippen molar-refractivity contribution >= 4 is 23.7 Å². The highest BCUT2D eigenvalue weighted by molar-refractivity contribution is 7.13. The molecule has 4 heteroatoms. The van der Waals surface area contributed by atoms with Crippen LogP contribution < -0.4 is 5.73 Å². The molecule has 1 aromatic carbocycles. The number of thiazole rings is 1. The number of nitrogens with two attached hydrogens (primary N) is 1. The monoisotopic (exact) mass is 268 g/mol. The molecular formula is C13H17ClN2S. The molecule has 2 N–H and O–H groups in total. The molecule has 2 nitrogen and oxygen atoms in total. The molecule has 2 rings (SSSR count). The van der Waals surface area contributed by atoms with Gasteiger partial charge in [-0.25, -0.2) is 4.98 Å². The molecule has 92 valence electrons. The smallest absolute Gasteiger partial charge is 0.123 e. The fourth-order valence-corrected chi connectivity index (χ4v) is 2.45. The van der Waals surface area contributed by atoms with Crippen LogP contribution in [0.15, 0.2) is 29.6 Å². The lowest BCUT2D eigenvalue weighted by atomic mass is 10.1. The van der Waals surface area contributed by atoms with Gasteiger partial charge in [0.2, 0.25) is 0 Å². The van der Waals surface area contributed by atoms with Crippen molar-refractivity contribution in [1.82, 2.24) is 4.98 Å². The van der Waals surface area contributed by atoms with Crippen LogP contribution in [0.2, 0.25) is 0 Å². The maximum absolute atomic E-state index is 5.57. The van der Waals surface area contributed by atoms with Crippen molar-refractivity contribution in [3.05, 3.63) is 40.9 Å². The van der Waals surface area contributed by atoms with Gasteiger partial charge in [-0.2, -0.15) is 0 Å². The van der Waals surface area contributed by atoms with E-state index in [1.165, 1.54) is 11.3 Å². The highest BCUT2D eigenvalue weighted by Crippen LogP contribution is 2.26. The first-order chi connectivity index (χ1) is 7.70. The summed E-state index contributed by atoms with van der Waals surface area (Å²) in [6.07, 6.45) is 0. The molecule has 0 unspecified atom stereocenters. The predicted octanol–water partition coefficient (Wildman–Crippen LogP) is 3.81. The van der Waals surface area contributed by atoms with Crippen molar-refractivity contribution in [1.29, 1.82) is 0 Å². The number of hydrogen-bond acceptors (Lipinski definition) is 3. The van der Waals surface area contributed by atoms with E-state index in [0.29, 0.717) is 12.5 Å². The largest absolute Gasteiger partial charge is 0.326 e. The Hall–Kier alpha value is -0.900. The molecule has 0 aliphatic carbocycles. The molecule has 0 fully saturated rings. The zero-order valence-electron chi connectivity index (χ0n) is 10.0. The summed E-state index contributed by atoms with van der Waals surface area (Å²) in [5.74, 6) is 0.494. The zero-order chi connectivity index (χ0) is 11.5. The minimum atomic E-state index is 0. The van der Waals surface area contributed by atoms with Crippen molar-refractivity contribution in [2.45, 2.75) is 26.3 Å². The standard InChI is InChI=1S/C13H16N2S.ClH/c1-9(2)12-8-16-13(15-12)11-5-3-10(7-14)4-6-11;/h3-6,8-9H,7,14H2,1-2H3;1H. The first kappa shape index (κ1) is 14.2. The van der Waals surface area contributed by atoms with Gasteiger partial charge in [-0.3, -0.25) is 0 Å². The Morgan fingerprint density at radius 2 is 1.88 bits per heavy atom. The van der Waals surface area contributed by atoms with Crippen molar-refractivity contribution < 1.29 is 0 Å². The minimum absolute atomic E-state index is 0. The summed E-state index contributed by atoms with van der Waals surface area (Å²) in [4.78, 5) is 4.62. The highest BCUT2D eigenvalue weighted by atomic mass is 35.5. The van der Waals surface area contributed by atoms with E-state index in [2.05, 4.69) is 48.5 Å². The van der Waals surface area contributed by atoms with Gasteiger partial charge < -0.3 is 5.73 Å². The van der Waals surface area contributed by atoms with Crippen LogP contribution in [0, 0.1) is 0 Å². The molecule has 0 atom stereocenters. The van der Waals surface area contributed by atoms with E-state index < -0.39 is 0 Å². The number of hydrogen-bond donors (Lipinski definition) is 1. The van der Waals surface area contributed by atoms with Crippen LogP contribution in [0.5, 0.6) is 0 Å². The van der Waals surface area contributed by atoms with Crippen LogP contribution in [-0.4, -0.2) is 4.98 Å². The molecule has 0 amide bonds. The maximum Gasteiger partial charge on any atom is 0.123 e. The predicted molar refractivity (Wildman–Crippen MR) is 76.8 cm³/mol. The Morgan fingerprint density at radius 3 is 2.35 bits per heavy atom. The fraction of sp³-hybridized carbons (Fsp3) is 0.308. The van der Waals surface area contributed by atoms with E-state index in [4.69, 9.17) is 5.73 Å². The molecule has 0 saturated carbocycles. The van der Waals surface area contributed by atoms with Crippen LogP contribution in [0.4, 0.5) is 0 Å². The molecule has 1 aromatic heterocycles. The molecule has 2 aromatic rings. The molecule has 17 heavy (non-hydrogen) atoms. The summed E-state index contributed by atoms with van der Waals surface area (Å²) < 4.78 is 0. The third-order valence-corrected chi connectivity index (χ3v) is 3.46. The molecule has 0 bridgehead atoms. The Morgan fingerprint density at radius 1 is 1.24 bits per heavy atom. The van der Waals surface area contributed by atoms with E-state index in [1.807, 2.05) is 0 Å². The van der Waals surface area contributed by atoms with E-state index in [-0.39, 0.29) is 12.4 Å². The third-order valence-electron chi connectivity index (χ3n) is 2.55. The average molecular weight is 269 g/mol. The summed E-state index contributed by atoms with van der Waals surface area (Å²) in [6, 6.07) is 8.30. The number of halogens is 1. The second kappa shape index (κ2) is 6.15. The van der Waals surface area contributed by atoms with E-state index in [0.717, 1.165) is 10.6 Å². The van der Waals surface area contributed by atoms with Gasteiger partial charge in [0, 0.05) is 17.5 Å². The fourth-order valence-electron chi connectivity index (χ4n) is 1.47. The SMILES string of the molecule is CC(C)c1csc(-c2ccc(CN)cc2)n1.Cl. The van der Waals surface area contributed by atoms with Gasteiger partial charge in [0.25, 0.3) is 0 Å². The third kappa shape index (κ3) is 3.28. The second-order valence-electron chi connectivity index (χ2n) is 4.13. The quantitative estimate of drug-likeness (QED) is 0.919. The molecule has 0 radical (unpaired) electrons. The van der Waals surface area contributed by atoms with Crippen LogP contribution in [0.3, 0.4) is 0 Å². The van der Waals surface area contributed by atoms with Crippen molar-refractivity contribution in [2.75, 3.05) is 0 Å². The zero-order valence-corrected chi connectivity index (χ0v) is 11.6. The van der Waals surface area contributed by atoms with Crippen molar-refractivity contribution in [3.63, 3.8) is 0 Å². The number of aromatic nitrogens is 1. The van der Waals surface area contributed by atoms with Gasteiger partial charge in [-0.05, 0) is 11.5 Å². The normalized spacial score (nSPS) is 10.4. The molecule has 0 aliphatic rings. The summed E-state index contributed by atoms with van der Waals surface area (Å²) in [7, 11) is 0. The van der Waals surface area contributed by atoms with Crippen LogP contribution in [0.25, 0.3) is 10.6 Å².